The molecule has 1 aliphatic rings. The van der Waals surface area contributed by atoms with Crippen molar-refractivity contribution in [3.05, 3.63) is 35.6 Å². The lowest BCUT2D eigenvalue weighted by atomic mass is 9.90. The topological polar surface area (TPSA) is 41.1 Å². The first-order chi connectivity index (χ1) is 7.60. The lowest BCUT2D eigenvalue weighted by Crippen LogP contribution is -2.62. The molecular weight excluding hydrogens is 207 g/mol. The highest BCUT2D eigenvalue weighted by atomic mass is 19.1. The third-order valence-corrected chi connectivity index (χ3v) is 2.87. The Hall–Kier alpha value is -1.42. The van der Waals surface area contributed by atoms with Gasteiger partial charge in [-0.3, -0.25) is 4.79 Å². The van der Waals surface area contributed by atoms with Crippen molar-refractivity contribution in [1.29, 1.82) is 0 Å². The largest absolute Gasteiger partial charge is 0.353 e. The maximum Gasteiger partial charge on any atom is 0.240 e. The summed E-state index contributed by atoms with van der Waals surface area (Å²) in [6.07, 6.45) is 0.497. The van der Waals surface area contributed by atoms with E-state index in [1.807, 2.05) is 13.0 Å². The molecule has 1 fully saturated rings. The molecule has 1 saturated heterocycles. The molecule has 1 aliphatic heterocycles. The minimum absolute atomic E-state index is 0.0250. The van der Waals surface area contributed by atoms with E-state index in [9.17, 15) is 9.18 Å². The fourth-order valence-corrected chi connectivity index (χ4v) is 1.99. The zero-order chi connectivity index (χ0) is 11.6. The van der Waals surface area contributed by atoms with Gasteiger partial charge in [0.25, 0.3) is 0 Å². The van der Waals surface area contributed by atoms with Gasteiger partial charge in [-0.15, -0.1) is 0 Å². The van der Waals surface area contributed by atoms with Gasteiger partial charge in [-0.05, 0) is 31.0 Å². The molecule has 1 aromatic rings. The first kappa shape index (κ1) is 11.1. The van der Waals surface area contributed by atoms with Gasteiger partial charge < -0.3 is 10.6 Å². The molecule has 0 bridgehead atoms. The number of amides is 1. The summed E-state index contributed by atoms with van der Waals surface area (Å²) >= 11 is 0. The molecule has 4 heteroatoms. The molecule has 0 aliphatic carbocycles. The predicted molar refractivity (Wildman–Crippen MR) is 59.5 cm³/mol. The van der Waals surface area contributed by atoms with Crippen molar-refractivity contribution in [3.8, 4) is 0 Å². The summed E-state index contributed by atoms with van der Waals surface area (Å²) < 4.78 is 13.0. The highest BCUT2D eigenvalue weighted by Gasteiger charge is 2.35. The van der Waals surface area contributed by atoms with E-state index in [4.69, 9.17) is 0 Å². The fourth-order valence-electron chi connectivity index (χ4n) is 1.99. The van der Waals surface area contributed by atoms with E-state index in [2.05, 4.69) is 10.6 Å². The molecule has 2 rings (SSSR count). The average Bonchev–Trinajstić information content (AvgIpc) is 2.23. The van der Waals surface area contributed by atoms with E-state index in [1.165, 1.54) is 12.1 Å². The highest BCUT2D eigenvalue weighted by molar-refractivity contribution is 5.86. The Labute approximate surface area is 94.0 Å². The molecule has 1 aromatic carbocycles. The molecule has 2 N–H and O–H groups in total. The molecule has 1 amide bonds. The number of benzene rings is 1. The normalized spacial score (nSPS) is 25.2. The maximum atomic E-state index is 13.0. The summed E-state index contributed by atoms with van der Waals surface area (Å²) in [6.45, 7) is 3.24. The molecular formula is C12H15FN2O. The Morgan fingerprint density at radius 3 is 2.94 bits per heavy atom. The molecule has 1 unspecified atom stereocenters. The Morgan fingerprint density at radius 1 is 1.44 bits per heavy atom. The first-order valence-corrected chi connectivity index (χ1v) is 5.38. The van der Waals surface area contributed by atoms with Crippen LogP contribution in [0, 0.1) is 5.82 Å². The van der Waals surface area contributed by atoms with Crippen LogP contribution in [0.15, 0.2) is 24.3 Å². The van der Waals surface area contributed by atoms with E-state index in [0.29, 0.717) is 13.0 Å². The summed E-state index contributed by atoms with van der Waals surface area (Å²) in [5, 5.41) is 5.99. The van der Waals surface area contributed by atoms with Crippen LogP contribution >= 0.6 is 0 Å². The van der Waals surface area contributed by atoms with Crippen molar-refractivity contribution < 1.29 is 9.18 Å². The van der Waals surface area contributed by atoms with E-state index in [-0.39, 0.29) is 11.7 Å². The van der Waals surface area contributed by atoms with Gasteiger partial charge >= 0.3 is 0 Å². The van der Waals surface area contributed by atoms with Gasteiger partial charge in [0.2, 0.25) is 5.91 Å². The second kappa shape index (κ2) is 4.22. The number of hydrogen-bond donors (Lipinski definition) is 2. The minimum atomic E-state index is -0.633. The monoisotopic (exact) mass is 222 g/mol. The van der Waals surface area contributed by atoms with Crippen LogP contribution in [-0.4, -0.2) is 24.5 Å². The Kier molecular flexibility index (Phi) is 2.92. The van der Waals surface area contributed by atoms with E-state index in [0.717, 1.165) is 12.1 Å². The van der Waals surface area contributed by atoms with E-state index in [1.54, 1.807) is 6.07 Å². The lowest BCUT2D eigenvalue weighted by molar-refractivity contribution is -0.128. The summed E-state index contributed by atoms with van der Waals surface area (Å²) in [6, 6.07) is 6.36. The van der Waals surface area contributed by atoms with Gasteiger partial charge in [-0.2, -0.15) is 0 Å². The zero-order valence-corrected chi connectivity index (χ0v) is 9.22. The van der Waals surface area contributed by atoms with Crippen LogP contribution in [0.5, 0.6) is 0 Å². The van der Waals surface area contributed by atoms with E-state index >= 15 is 0 Å². The number of nitrogens with one attached hydrogen (secondary N) is 2. The van der Waals surface area contributed by atoms with Crippen LogP contribution < -0.4 is 10.6 Å². The molecule has 0 radical (unpaired) electrons. The quantitative estimate of drug-likeness (QED) is 0.778. The van der Waals surface area contributed by atoms with Crippen molar-refractivity contribution in [2.45, 2.75) is 18.9 Å². The number of carbonyl (C=O) groups excluding carboxylic acids is 1. The number of piperazine rings is 1. The summed E-state index contributed by atoms with van der Waals surface area (Å²) in [4.78, 5) is 11.7. The second-order valence-corrected chi connectivity index (χ2v) is 4.32. The summed E-state index contributed by atoms with van der Waals surface area (Å²) in [5.74, 6) is -0.291. The number of hydrogen-bond acceptors (Lipinski definition) is 2. The number of halogens is 1. The van der Waals surface area contributed by atoms with Crippen molar-refractivity contribution in [1.82, 2.24) is 10.6 Å². The Bertz CT molecular complexity index is 408. The average molecular weight is 222 g/mol. The number of rotatable bonds is 2. The Balaban J connectivity index is 2.16. The maximum absolute atomic E-state index is 13.0. The molecule has 86 valence electrons. The molecule has 16 heavy (non-hydrogen) atoms. The van der Waals surface area contributed by atoms with Gasteiger partial charge in [0.15, 0.2) is 0 Å². The SMILES string of the molecule is CC1(Cc2cccc(F)c2)NCCNC1=O. The number of carbonyl (C=O) groups is 1. The summed E-state index contributed by atoms with van der Waals surface area (Å²) in [5.41, 5.74) is 0.193. The van der Waals surface area contributed by atoms with Crippen LogP contribution in [-0.2, 0) is 11.2 Å². The van der Waals surface area contributed by atoms with Gasteiger partial charge in [0.05, 0.1) is 5.54 Å². The minimum Gasteiger partial charge on any atom is -0.353 e. The molecule has 0 aromatic heterocycles. The van der Waals surface area contributed by atoms with Gasteiger partial charge in [-0.1, -0.05) is 12.1 Å². The van der Waals surface area contributed by atoms with Gasteiger partial charge in [0.1, 0.15) is 5.82 Å². The van der Waals surface area contributed by atoms with Crippen LogP contribution in [0.2, 0.25) is 0 Å². The third-order valence-electron chi connectivity index (χ3n) is 2.87. The van der Waals surface area contributed by atoms with Crippen LogP contribution in [0.4, 0.5) is 4.39 Å². The standard InChI is InChI=1S/C12H15FN2O/c1-12(11(16)14-5-6-15-12)8-9-3-2-4-10(13)7-9/h2-4,7,15H,5-6,8H2,1H3,(H,14,16). The van der Waals surface area contributed by atoms with Crippen LogP contribution in [0.25, 0.3) is 0 Å². The van der Waals surface area contributed by atoms with Gasteiger partial charge in [-0.25, -0.2) is 4.39 Å². The highest BCUT2D eigenvalue weighted by Crippen LogP contribution is 2.16. The van der Waals surface area contributed by atoms with Crippen molar-refractivity contribution >= 4 is 5.91 Å². The first-order valence-electron chi connectivity index (χ1n) is 5.38. The predicted octanol–water partition coefficient (Wildman–Crippen LogP) is 0.846. The zero-order valence-electron chi connectivity index (χ0n) is 9.22. The van der Waals surface area contributed by atoms with Gasteiger partial charge in [0, 0.05) is 13.1 Å². The molecule has 0 spiro atoms. The summed E-state index contributed by atoms with van der Waals surface area (Å²) in [7, 11) is 0. The lowest BCUT2D eigenvalue weighted by Gasteiger charge is -2.34. The van der Waals surface area contributed by atoms with Crippen molar-refractivity contribution in [3.63, 3.8) is 0 Å². The smallest absolute Gasteiger partial charge is 0.240 e. The molecule has 1 atom stereocenters. The van der Waals surface area contributed by atoms with Crippen LogP contribution in [0.1, 0.15) is 12.5 Å². The van der Waals surface area contributed by atoms with E-state index < -0.39 is 5.54 Å². The fraction of sp³-hybridized carbons (Fsp3) is 0.417. The third kappa shape index (κ3) is 2.22. The molecule has 0 saturated carbocycles. The Morgan fingerprint density at radius 2 is 2.25 bits per heavy atom. The molecule has 3 nitrogen and oxygen atoms in total. The van der Waals surface area contributed by atoms with Crippen molar-refractivity contribution in [2.75, 3.05) is 13.1 Å². The van der Waals surface area contributed by atoms with Crippen molar-refractivity contribution in [2.24, 2.45) is 0 Å². The van der Waals surface area contributed by atoms with Crippen LogP contribution in [0.3, 0.4) is 0 Å². The molecule has 1 heterocycles. The second-order valence-electron chi connectivity index (χ2n) is 4.32.